The summed E-state index contributed by atoms with van der Waals surface area (Å²) in [4.78, 5) is 2.33. The fourth-order valence-corrected chi connectivity index (χ4v) is 3.55. The molecule has 0 unspecified atom stereocenters. The number of furan rings is 1. The topological polar surface area (TPSA) is 74.7 Å². The summed E-state index contributed by atoms with van der Waals surface area (Å²) in [6.07, 6.45) is 9.33. The summed E-state index contributed by atoms with van der Waals surface area (Å²) < 4.78 is 7.08. The number of nitrogens with zero attached hydrogens (tertiary/aromatic N) is 3. The van der Waals surface area contributed by atoms with E-state index >= 15 is 0 Å². The zero-order chi connectivity index (χ0) is 16.8. The Morgan fingerprint density at radius 2 is 2.12 bits per heavy atom. The van der Waals surface area contributed by atoms with Crippen LogP contribution in [0.3, 0.4) is 0 Å². The number of likely N-dealkylation sites (tertiary alicyclic amines) is 1. The van der Waals surface area contributed by atoms with Crippen LogP contribution in [-0.4, -0.2) is 50.1 Å². The Balaban J connectivity index is 1.59. The van der Waals surface area contributed by atoms with E-state index < -0.39 is 12.2 Å². The Morgan fingerprint density at radius 1 is 1.21 bits per heavy atom. The molecule has 6 heteroatoms. The molecule has 0 radical (unpaired) electrons. The van der Waals surface area contributed by atoms with Gasteiger partial charge in [-0.15, -0.1) is 0 Å². The average molecular weight is 333 g/mol. The van der Waals surface area contributed by atoms with Gasteiger partial charge in [0.05, 0.1) is 18.9 Å². The zero-order valence-corrected chi connectivity index (χ0v) is 14.0. The molecule has 3 heterocycles. The molecule has 0 aromatic carbocycles. The number of aromatic nitrogens is 2. The first-order valence-corrected chi connectivity index (χ1v) is 8.83. The standard InChI is InChI=1S/C18H27N3O3/c22-16(14-21-10-5-8-19-21)13-20-9-3-1-2-6-15(20)12-17(23)18-7-4-11-24-18/h4-5,7-8,10-11,15-17,22-23H,1-3,6,9,12-14H2/t15-,16+,17-/m0/s1. The van der Waals surface area contributed by atoms with Crippen LogP contribution >= 0.6 is 0 Å². The lowest BCUT2D eigenvalue weighted by Crippen LogP contribution is -2.42. The van der Waals surface area contributed by atoms with Crippen LogP contribution in [0.4, 0.5) is 0 Å². The van der Waals surface area contributed by atoms with Crippen LogP contribution in [0.15, 0.2) is 41.3 Å². The maximum absolute atomic E-state index is 10.4. The van der Waals surface area contributed by atoms with E-state index in [9.17, 15) is 10.2 Å². The predicted molar refractivity (Wildman–Crippen MR) is 90.3 cm³/mol. The smallest absolute Gasteiger partial charge is 0.132 e. The van der Waals surface area contributed by atoms with E-state index in [1.807, 2.05) is 18.3 Å². The van der Waals surface area contributed by atoms with Crippen LogP contribution in [0.1, 0.15) is 44.0 Å². The third kappa shape index (κ3) is 4.69. The predicted octanol–water partition coefficient (Wildman–Crippen LogP) is 2.21. The SMILES string of the molecule is O[C@H](CN1CCCCC[C@H]1C[C@H](O)c1ccco1)Cn1cccn1. The lowest BCUT2D eigenvalue weighted by molar-refractivity contribution is 0.0461. The van der Waals surface area contributed by atoms with Crippen molar-refractivity contribution >= 4 is 0 Å². The molecular formula is C18H27N3O3. The van der Waals surface area contributed by atoms with Crippen molar-refractivity contribution in [1.82, 2.24) is 14.7 Å². The highest BCUT2D eigenvalue weighted by atomic mass is 16.4. The largest absolute Gasteiger partial charge is 0.467 e. The second kappa shape index (κ2) is 8.46. The summed E-state index contributed by atoms with van der Waals surface area (Å²) in [5.41, 5.74) is 0. The summed E-state index contributed by atoms with van der Waals surface area (Å²) in [6, 6.07) is 5.75. The first-order chi connectivity index (χ1) is 11.7. The Labute approximate surface area is 142 Å². The third-order valence-corrected chi connectivity index (χ3v) is 4.77. The third-order valence-electron chi connectivity index (χ3n) is 4.77. The van der Waals surface area contributed by atoms with Crippen LogP contribution in [0.2, 0.25) is 0 Å². The minimum atomic E-state index is -0.589. The molecule has 1 fully saturated rings. The minimum Gasteiger partial charge on any atom is -0.467 e. The number of rotatable bonds is 7. The normalized spacial score (nSPS) is 22.2. The molecule has 132 valence electrons. The van der Waals surface area contributed by atoms with E-state index in [4.69, 9.17) is 4.42 Å². The number of aliphatic hydroxyl groups is 2. The van der Waals surface area contributed by atoms with Crippen LogP contribution in [0.25, 0.3) is 0 Å². The molecular weight excluding hydrogens is 306 g/mol. The first kappa shape index (κ1) is 17.2. The molecule has 24 heavy (non-hydrogen) atoms. The van der Waals surface area contributed by atoms with Crippen molar-refractivity contribution in [2.24, 2.45) is 0 Å². The Hall–Kier alpha value is -1.63. The van der Waals surface area contributed by atoms with Gasteiger partial charge in [0.1, 0.15) is 11.9 Å². The van der Waals surface area contributed by atoms with Gasteiger partial charge in [0.15, 0.2) is 0 Å². The molecule has 1 aliphatic heterocycles. The highest BCUT2D eigenvalue weighted by Crippen LogP contribution is 2.26. The van der Waals surface area contributed by atoms with Crippen molar-refractivity contribution in [2.45, 2.75) is 56.9 Å². The Bertz CT molecular complexity index is 570. The molecule has 6 nitrogen and oxygen atoms in total. The van der Waals surface area contributed by atoms with Crippen LogP contribution in [0, 0.1) is 0 Å². The molecule has 0 bridgehead atoms. The number of β-amino-alcohol motifs (C(OH)–C–C–N with tert-alkyl or cyclic N) is 1. The van der Waals surface area contributed by atoms with Gasteiger partial charge in [-0.3, -0.25) is 9.58 Å². The van der Waals surface area contributed by atoms with Crippen LogP contribution < -0.4 is 0 Å². The van der Waals surface area contributed by atoms with Gasteiger partial charge in [-0.25, -0.2) is 0 Å². The highest BCUT2D eigenvalue weighted by molar-refractivity contribution is 5.02. The number of aliphatic hydroxyl groups excluding tert-OH is 2. The monoisotopic (exact) mass is 333 g/mol. The molecule has 0 saturated carbocycles. The second-order valence-corrected chi connectivity index (χ2v) is 6.65. The van der Waals surface area contributed by atoms with Gasteiger partial charge in [0.25, 0.3) is 0 Å². The van der Waals surface area contributed by atoms with Crippen molar-refractivity contribution < 1.29 is 14.6 Å². The molecule has 3 atom stereocenters. The van der Waals surface area contributed by atoms with Gasteiger partial charge in [0, 0.05) is 25.0 Å². The average Bonchev–Trinajstić information content (AvgIpc) is 3.22. The van der Waals surface area contributed by atoms with Crippen molar-refractivity contribution in [3.05, 3.63) is 42.6 Å². The van der Waals surface area contributed by atoms with E-state index in [1.165, 1.54) is 12.8 Å². The van der Waals surface area contributed by atoms with Crippen molar-refractivity contribution in [1.29, 1.82) is 0 Å². The quantitative estimate of drug-likeness (QED) is 0.812. The number of hydrogen-bond acceptors (Lipinski definition) is 5. The molecule has 0 aliphatic carbocycles. The summed E-state index contributed by atoms with van der Waals surface area (Å²) in [5, 5.41) is 25.0. The second-order valence-electron chi connectivity index (χ2n) is 6.65. The van der Waals surface area contributed by atoms with Gasteiger partial charge < -0.3 is 14.6 Å². The zero-order valence-electron chi connectivity index (χ0n) is 14.0. The molecule has 0 amide bonds. The maximum atomic E-state index is 10.4. The molecule has 0 spiro atoms. The summed E-state index contributed by atoms with van der Waals surface area (Å²) in [5.74, 6) is 0.622. The van der Waals surface area contributed by atoms with E-state index in [1.54, 1.807) is 23.2 Å². The molecule has 2 N–H and O–H groups in total. The lowest BCUT2D eigenvalue weighted by atomic mass is 10.0. The minimum absolute atomic E-state index is 0.264. The van der Waals surface area contributed by atoms with Gasteiger partial charge >= 0.3 is 0 Å². The molecule has 2 aromatic heterocycles. The summed E-state index contributed by atoms with van der Waals surface area (Å²) in [6.45, 7) is 2.07. The summed E-state index contributed by atoms with van der Waals surface area (Å²) >= 11 is 0. The summed E-state index contributed by atoms with van der Waals surface area (Å²) in [7, 11) is 0. The van der Waals surface area contributed by atoms with Crippen molar-refractivity contribution in [3.63, 3.8) is 0 Å². The first-order valence-electron chi connectivity index (χ1n) is 8.83. The Morgan fingerprint density at radius 3 is 2.88 bits per heavy atom. The van der Waals surface area contributed by atoms with Gasteiger partial charge in [0.2, 0.25) is 0 Å². The van der Waals surface area contributed by atoms with E-state index in [2.05, 4.69) is 10.00 Å². The number of hydrogen-bond donors (Lipinski definition) is 2. The lowest BCUT2D eigenvalue weighted by Gasteiger charge is -2.32. The van der Waals surface area contributed by atoms with Crippen LogP contribution in [-0.2, 0) is 6.54 Å². The fourth-order valence-electron chi connectivity index (χ4n) is 3.55. The van der Waals surface area contributed by atoms with Crippen molar-refractivity contribution in [2.75, 3.05) is 13.1 Å². The van der Waals surface area contributed by atoms with Gasteiger partial charge in [-0.2, -0.15) is 5.10 Å². The van der Waals surface area contributed by atoms with E-state index in [-0.39, 0.29) is 6.04 Å². The van der Waals surface area contributed by atoms with E-state index in [0.717, 1.165) is 19.4 Å². The van der Waals surface area contributed by atoms with Crippen LogP contribution in [0.5, 0.6) is 0 Å². The molecule has 1 aliphatic rings. The maximum Gasteiger partial charge on any atom is 0.132 e. The molecule has 3 rings (SSSR count). The van der Waals surface area contributed by atoms with E-state index in [0.29, 0.717) is 25.3 Å². The van der Waals surface area contributed by atoms with Gasteiger partial charge in [-0.1, -0.05) is 12.8 Å². The van der Waals surface area contributed by atoms with Gasteiger partial charge in [-0.05, 0) is 44.0 Å². The molecule has 2 aromatic rings. The molecule has 1 saturated heterocycles. The highest BCUT2D eigenvalue weighted by Gasteiger charge is 2.26. The fraction of sp³-hybridized carbons (Fsp3) is 0.611. The van der Waals surface area contributed by atoms with Crippen molar-refractivity contribution in [3.8, 4) is 0 Å². The Kier molecular flexibility index (Phi) is 6.07.